The minimum atomic E-state index is -0.802. The van der Waals surface area contributed by atoms with Crippen molar-refractivity contribution < 1.29 is 33.6 Å². The molecule has 0 aromatic heterocycles. The fourth-order valence-corrected chi connectivity index (χ4v) is 5.58. The lowest BCUT2D eigenvalue weighted by Crippen LogP contribution is -2.39. The van der Waals surface area contributed by atoms with Gasteiger partial charge in [0.1, 0.15) is 18.1 Å². The molecule has 45 heavy (non-hydrogen) atoms. The number of ether oxygens (including phenoxy) is 4. The first-order valence-electron chi connectivity index (χ1n) is 15.5. The molecule has 9 heteroatoms. The number of hydrogen-bond acceptors (Lipinski definition) is 8. The van der Waals surface area contributed by atoms with Gasteiger partial charge >= 0.3 is 0 Å². The van der Waals surface area contributed by atoms with E-state index in [1.54, 1.807) is 48.4 Å². The molecular weight excluding hydrogens is 572 g/mol. The predicted molar refractivity (Wildman–Crippen MR) is 171 cm³/mol. The molecule has 3 aromatic carbocycles. The third kappa shape index (κ3) is 7.85. The molecule has 0 spiro atoms. The number of methoxy groups -OCH3 is 1. The number of ketones is 1. The maximum Gasteiger partial charge on any atom is 0.295 e. The molecule has 1 N–H and O–H groups in total. The average molecular weight is 615 g/mol. The van der Waals surface area contributed by atoms with Gasteiger partial charge in [-0.15, -0.1) is 0 Å². The molecule has 2 heterocycles. The molecule has 2 aliphatic heterocycles. The Morgan fingerprint density at radius 2 is 1.67 bits per heavy atom. The van der Waals surface area contributed by atoms with Gasteiger partial charge in [0.25, 0.3) is 11.7 Å². The molecular formula is C36H42N2O7. The van der Waals surface area contributed by atoms with Crippen LogP contribution in [0.25, 0.3) is 5.76 Å². The van der Waals surface area contributed by atoms with E-state index in [1.165, 1.54) is 0 Å². The predicted octanol–water partition coefficient (Wildman–Crippen LogP) is 5.45. The number of likely N-dealkylation sites (tertiary alicyclic amines) is 1. The standard InChI is InChI=1S/C36H42N2O7/c1-25(2)23-44-29-13-10-27(11-14-29)34(39)32-33(38(36(41)35(32)40)17-7-16-37-18-20-43-21-19-37)28-12-15-30(31(22-28)42-3)45-24-26-8-5-4-6-9-26/h4-6,8-15,22,25,33,39H,7,16-21,23-24H2,1-3H3. The van der Waals surface area contributed by atoms with E-state index < -0.39 is 17.7 Å². The van der Waals surface area contributed by atoms with Crippen LogP contribution in [-0.2, 0) is 20.9 Å². The van der Waals surface area contributed by atoms with E-state index in [0.717, 1.165) is 25.2 Å². The first kappa shape index (κ1) is 32.1. The van der Waals surface area contributed by atoms with Crippen LogP contribution in [0.2, 0.25) is 0 Å². The highest BCUT2D eigenvalue weighted by atomic mass is 16.5. The summed E-state index contributed by atoms with van der Waals surface area (Å²) in [6.45, 7) is 9.21. The van der Waals surface area contributed by atoms with Crippen molar-refractivity contribution in [3.05, 3.63) is 95.1 Å². The van der Waals surface area contributed by atoms with Gasteiger partial charge in [0.05, 0.1) is 38.5 Å². The zero-order valence-corrected chi connectivity index (χ0v) is 26.2. The zero-order valence-electron chi connectivity index (χ0n) is 26.2. The van der Waals surface area contributed by atoms with Crippen molar-refractivity contribution in [2.24, 2.45) is 5.92 Å². The van der Waals surface area contributed by atoms with E-state index in [0.29, 0.717) is 73.7 Å². The van der Waals surface area contributed by atoms with Gasteiger partial charge in [0.2, 0.25) is 0 Å². The van der Waals surface area contributed by atoms with Crippen LogP contribution in [0.15, 0.2) is 78.4 Å². The van der Waals surface area contributed by atoms with Gasteiger partial charge in [-0.1, -0.05) is 50.2 Å². The number of benzene rings is 3. The Hall–Kier alpha value is -4.34. The Morgan fingerprint density at radius 1 is 0.933 bits per heavy atom. The maximum absolute atomic E-state index is 13.6. The van der Waals surface area contributed by atoms with Crippen molar-refractivity contribution in [3.8, 4) is 17.2 Å². The van der Waals surface area contributed by atoms with Crippen molar-refractivity contribution >= 4 is 17.4 Å². The molecule has 0 saturated carbocycles. The van der Waals surface area contributed by atoms with E-state index in [1.807, 2.05) is 36.4 Å². The summed E-state index contributed by atoms with van der Waals surface area (Å²) in [4.78, 5) is 31.0. The summed E-state index contributed by atoms with van der Waals surface area (Å²) in [6, 6.07) is 21.3. The Kier molecular flexibility index (Phi) is 10.8. The SMILES string of the molecule is COc1cc(C2C(=C(O)c3ccc(OCC(C)C)cc3)C(=O)C(=O)N2CCCN2CCOCC2)ccc1OCc1ccccc1. The lowest BCUT2D eigenvalue weighted by atomic mass is 9.95. The minimum Gasteiger partial charge on any atom is -0.507 e. The first-order valence-corrected chi connectivity index (χ1v) is 15.5. The summed E-state index contributed by atoms with van der Waals surface area (Å²) in [5, 5.41) is 11.5. The number of carbonyl (C=O) groups is 2. The Labute approximate surface area is 265 Å². The van der Waals surface area contributed by atoms with Crippen LogP contribution in [0.1, 0.15) is 43.0 Å². The lowest BCUT2D eigenvalue weighted by Gasteiger charge is -2.29. The van der Waals surface area contributed by atoms with Gasteiger partial charge in [-0.2, -0.15) is 0 Å². The number of aliphatic hydroxyl groups excluding tert-OH is 1. The highest BCUT2D eigenvalue weighted by Gasteiger charge is 2.46. The summed E-state index contributed by atoms with van der Waals surface area (Å²) < 4.78 is 23.0. The number of carbonyl (C=O) groups excluding carboxylic acids is 2. The largest absolute Gasteiger partial charge is 0.507 e. The minimum absolute atomic E-state index is 0.0437. The van der Waals surface area contributed by atoms with Crippen LogP contribution in [-0.4, -0.2) is 79.7 Å². The summed E-state index contributed by atoms with van der Waals surface area (Å²) >= 11 is 0. The summed E-state index contributed by atoms with van der Waals surface area (Å²) in [6.07, 6.45) is 0.668. The molecule has 1 unspecified atom stereocenters. The van der Waals surface area contributed by atoms with Crippen LogP contribution in [0.3, 0.4) is 0 Å². The third-order valence-corrected chi connectivity index (χ3v) is 7.97. The fraction of sp³-hybridized carbons (Fsp3) is 0.389. The fourth-order valence-electron chi connectivity index (χ4n) is 5.58. The summed E-state index contributed by atoms with van der Waals surface area (Å²) in [5.74, 6) is 0.449. The maximum atomic E-state index is 13.6. The quantitative estimate of drug-likeness (QED) is 0.154. The molecule has 0 bridgehead atoms. The van der Waals surface area contributed by atoms with E-state index in [-0.39, 0.29) is 11.3 Å². The van der Waals surface area contributed by atoms with Crippen LogP contribution in [0.5, 0.6) is 17.2 Å². The van der Waals surface area contributed by atoms with Crippen molar-refractivity contribution in [2.45, 2.75) is 32.9 Å². The number of nitrogens with zero attached hydrogens (tertiary/aromatic N) is 2. The smallest absolute Gasteiger partial charge is 0.295 e. The van der Waals surface area contributed by atoms with Crippen LogP contribution in [0, 0.1) is 5.92 Å². The lowest BCUT2D eigenvalue weighted by molar-refractivity contribution is -0.140. The summed E-state index contributed by atoms with van der Waals surface area (Å²) in [7, 11) is 1.55. The summed E-state index contributed by atoms with van der Waals surface area (Å²) in [5.41, 5.74) is 2.13. The molecule has 3 aromatic rings. The third-order valence-electron chi connectivity index (χ3n) is 7.97. The van der Waals surface area contributed by atoms with Gasteiger partial charge in [0, 0.05) is 31.7 Å². The number of morpholine rings is 1. The molecule has 5 rings (SSSR count). The molecule has 238 valence electrons. The van der Waals surface area contributed by atoms with E-state index in [9.17, 15) is 14.7 Å². The second-order valence-corrected chi connectivity index (χ2v) is 11.7. The van der Waals surface area contributed by atoms with E-state index in [4.69, 9.17) is 18.9 Å². The van der Waals surface area contributed by atoms with Crippen molar-refractivity contribution in [3.63, 3.8) is 0 Å². The van der Waals surface area contributed by atoms with Gasteiger partial charge in [0.15, 0.2) is 11.5 Å². The van der Waals surface area contributed by atoms with Crippen LogP contribution >= 0.6 is 0 Å². The average Bonchev–Trinajstić information content (AvgIpc) is 3.32. The molecule has 0 radical (unpaired) electrons. The Morgan fingerprint density at radius 3 is 2.36 bits per heavy atom. The number of hydrogen-bond donors (Lipinski definition) is 1. The highest BCUT2D eigenvalue weighted by molar-refractivity contribution is 6.46. The van der Waals surface area contributed by atoms with Gasteiger partial charge in [-0.05, 0) is 59.9 Å². The van der Waals surface area contributed by atoms with Crippen molar-refractivity contribution in [2.75, 3.05) is 53.1 Å². The molecule has 2 fully saturated rings. The number of amides is 1. The van der Waals surface area contributed by atoms with Crippen molar-refractivity contribution in [1.82, 2.24) is 9.80 Å². The first-order chi connectivity index (χ1) is 21.9. The van der Waals surface area contributed by atoms with E-state index in [2.05, 4.69) is 18.7 Å². The zero-order chi connectivity index (χ0) is 31.8. The number of aliphatic hydroxyl groups is 1. The Bertz CT molecular complexity index is 1480. The topological polar surface area (TPSA) is 97.8 Å². The van der Waals surface area contributed by atoms with Crippen LogP contribution in [0.4, 0.5) is 0 Å². The number of rotatable bonds is 13. The van der Waals surface area contributed by atoms with Gasteiger partial charge < -0.3 is 29.0 Å². The van der Waals surface area contributed by atoms with Gasteiger partial charge in [-0.25, -0.2) is 0 Å². The highest BCUT2D eigenvalue weighted by Crippen LogP contribution is 2.42. The molecule has 2 saturated heterocycles. The second-order valence-electron chi connectivity index (χ2n) is 11.7. The molecule has 2 aliphatic rings. The van der Waals surface area contributed by atoms with Gasteiger partial charge in [-0.3, -0.25) is 14.5 Å². The second kappa shape index (κ2) is 15.1. The molecule has 9 nitrogen and oxygen atoms in total. The monoisotopic (exact) mass is 614 g/mol. The molecule has 1 amide bonds. The normalized spacial score (nSPS) is 18.4. The van der Waals surface area contributed by atoms with Crippen LogP contribution < -0.4 is 14.2 Å². The number of Topliss-reactive ketones (excluding diaryl/α,β-unsaturated/α-hetero) is 1. The Balaban J connectivity index is 1.46. The molecule has 0 aliphatic carbocycles. The van der Waals surface area contributed by atoms with E-state index >= 15 is 0 Å². The molecule has 1 atom stereocenters. The van der Waals surface area contributed by atoms with Crippen molar-refractivity contribution in [1.29, 1.82) is 0 Å².